The highest BCUT2D eigenvalue weighted by Gasteiger charge is 2.38. The molecule has 2 aromatic carbocycles. The Morgan fingerprint density at radius 3 is 1.96 bits per heavy atom. The number of carbonyl (C=O) groups excluding carboxylic acids is 1. The first-order valence-electron chi connectivity index (χ1n) is 8.06. The van der Waals surface area contributed by atoms with Gasteiger partial charge >= 0.3 is 0 Å². The summed E-state index contributed by atoms with van der Waals surface area (Å²) < 4.78 is 0. The van der Waals surface area contributed by atoms with Crippen LogP contribution in [0, 0.1) is 11.8 Å². The maximum absolute atomic E-state index is 12.7. The molecule has 0 aliphatic rings. The highest BCUT2D eigenvalue weighted by molar-refractivity contribution is 6.04. The first-order chi connectivity index (χ1) is 11.5. The number of benzene rings is 2. The average Bonchev–Trinajstić information content (AvgIpc) is 2.61. The van der Waals surface area contributed by atoms with Crippen molar-refractivity contribution < 1.29 is 9.90 Å². The van der Waals surface area contributed by atoms with Crippen LogP contribution in [0.25, 0.3) is 0 Å². The van der Waals surface area contributed by atoms with Gasteiger partial charge in [0.05, 0.1) is 0 Å². The molecule has 0 unspecified atom stereocenters. The van der Waals surface area contributed by atoms with Crippen LogP contribution in [-0.4, -0.2) is 36.4 Å². The summed E-state index contributed by atoms with van der Waals surface area (Å²) in [5.41, 5.74) is -0.676. The summed E-state index contributed by atoms with van der Waals surface area (Å²) in [5.74, 6) is 5.04. The average molecular weight is 321 g/mol. The third kappa shape index (κ3) is 4.32. The Labute approximate surface area is 143 Å². The third-order valence-electron chi connectivity index (χ3n) is 3.82. The second-order valence-corrected chi connectivity index (χ2v) is 5.98. The molecular weight excluding hydrogens is 298 g/mol. The van der Waals surface area contributed by atoms with E-state index in [0.717, 1.165) is 13.0 Å². The summed E-state index contributed by atoms with van der Waals surface area (Å²) in [7, 11) is 4.00. The van der Waals surface area contributed by atoms with Crippen LogP contribution < -0.4 is 0 Å². The standard InChI is InChI=1S/C21H23NO2/c1-22(2)17-11-5-10-16-20(23)21(24,18-12-6-3-7-13-18)19-14-8-4-9-15-19/h3-4,6-9,12-15,24H,5,11,17H2,1-2H3. The van der Waals surface area contributed by atoms with Gasteiger partial charge in [0.1, 0.15) is 0 Å². The number of aliphatic hydroxyl groups is 1. The molecule has 0 aliphatic carbocycles. The molecule has 0 radical (unpaired) electrons. The fourth-order valence-corrected chi connectivity index (χ4v) is 2.50. The lowest BCUT2D eigenvalue weighted by atomic mass is 9.83. The molecule has 0 saturated carbocycles. The predicted octanol–water partition coefficient (Wildman–Crippen LogP) is 2.84. The van der Waals surface area contributed by atoms with Gasteiger partial charge in [-0.15, -0.1) is 0 Å². The third-order valence-corrected chi connectivity index (χ3v) is 3.82. The molecule has 0 aliphatic heterocycles. The Kier molecular flexibility index (Phi) is 6.31. The monoisotopic (exact) mass is 321 g/mol. The fraction of sp³-hybridized carbons (Fsp3) is 0.286. The lowest BCUT2D eigenvalue weighted by Crippen LogP contribution is -2.36. The molecular formula is C21H23NO2. The number of rotatable bonds is 6. The summed E-state index contributed by atoms with van der Waals surface area (Å²) in [5, 5.41) is 11.2. The van der Waals surface area contributed by atoms with E-state index < -0.39 is 11.4 Å². The van der Waals surface area contributed by atoms with Crippen molar-refractivity contribution in [2.45, 2.75) is 18.4 Å². The second kappa shape index (κ2) is 8.44. The molecule has 2 aromatic rings. The quantitative estimate of drug-likeness (QED) is 0.505. The highest BCUT2D eigenvalue weighted by Crippen LogP contribution is 2.30. The number of nitrogens with zero attached hydrogens (tertiary/aromatic N) is 1. The van der Waals surface area contributed by atoms with Crippen molar-refractivity contribution in [3.05, 3.63) is 71.8 Å². The molecule has 0 saturated heterocycles. The maximum atomic E-state index is 12.7. The summed E-state index contributed by atoms with van der Waals surface area (Å²) in [6.07, 6.45) is 1.52. The Hall–Kier alpha value is -2.41. The van der Waals surface area contributed by atoms with Crippen molar-refractivity contribution in [2.75, 3.05) is 20.6 Å². The van der Waals surface area contributed by atoms with Crippen LogP contribution in [0.5, 0.6) is 0 Å². The van der Waals surface area contributed by atoms with Gasteiger partial charge < -0.3 is 10.0 Å². The number of unbranched alkanes of at least 4 members (excludes halogenated alkanes) is 1. The van der Waals surface area contributed by atoms with E-state index in [-0.39, 0.29) is 0 Å². The maximum Gasteiger partial charge on any atom is 0.246 e. The Morgan fingerprint density at radius 1 is 1.00 bits per heavy atom. The van der Waals surface area contributed by atoms with Gasteiger partial charge in [0.2, 0.25) is 5.78 Å². The zero-order valence-electron chi connectivity index (χ0n) is 14.2. The van der Waals surface area contributed by atoms with Crippen LogP contribution in [0.1, 0.15) is 24.0 Å². The van der Waals surface area contributed by atoms with E-state index in [1.807, 2.05) is 26.2 Å². The molecule has 1 N–H and O–H groups in total. The van der Waals surface area contributed by atoms with E-state index in [9.17, 15) is 9.90 Å². The molecule has 0 amide bonds. The highest BCUT2D eigenvalue weighted by atomic mass is 16.3. The van der Waals surface area contributed by atoms with Crippen molar-refractivity contribution in [3.63, 3.8) is 0 Å². The Bertz CT molecular complexity index is 672. The number of ketones is 1. The van der Waals surface area contributed by atoms with Gasteiger partial charge in [-0.05, 0) is 44.1 Å². The first-order valence-corrected chi connectivity index (χ1v) is 8.06. The molecule has 0 spiro atoms. The Balaban J connectivity index is 2.28. The molecule has 2 rings (SSSR count). The van der Waals surface area contributed by atoms with Gasteiger partial charge in [0.15, 0.2) is 5.60 Å². The molecule has 0 fully saturated rings. The minimum Gasteiger partial charge on any atom is -0.372 e. The topological polar surface area (TPSA) is 40.5 Å². The van der Waals surface area contributed by atoms with Gasteiger partial charge in [-0.3, -0.25) is 4.79 Å². The van der Waals surface area contributed by atoms with Crippen molar-refractivity contribution in [1.29, 1.82) is 0 Å². The van der Waals surface area contributed by atoms with Gasteiger partial charge in [-0.25, -0.2) is 0 Å². The molecule has 0 bridgehead atoms. The second-order valence-electron chi connectivity index (χ2n) is 5.98. The largest absolute Gasteiger partial charge is 0.372 e. The normalized spacial score (nSPS) is 11.0. The van der Waals surface area contributed by atoms with Crippen molar-refractivity contribution in [3.8, 4) is 11.8 Å². The van der Waals surface area contributed by atoms with Crippen LogP contribution in [0.15, 0.2) is 60.7 Å². The number of carbonyl (C=O) groups is 1. The van der Waals surface area contributed by atoms with Crippen molar-refractivity contribution in [2.24, 2.45) is 0 Å². The van der Waals surface area contributed by atoms with E-state index in [1.165, 1.54) is 0 Å². The van der Waals surface area contributed by atoms with Crippen molar-refractivity contribution >= 4 is 5.78 Å². The van der Waals surface area contributed by atoms with Gasteiger partial charge in [0, 0.05) is 6.42 Å². The van der Waals surface area contributed by atoms with Crippen LogP contribution in [0.3, 0.4) is 0 Å². The van der Waals surface area contributed by atoms with Crippen LogP contribution in [0.2, 0.25) is 0 Å². The van der Waals surface area contributed by atoms with E-state index in [1.54, 1.807) is 48.5 Å². The van der Waals surface area contributed by atoms with Gasteiger partial charge in [-0.1, -0.05) is 66.6 Å². The van der Waals surface area contributed by atoms with E-state index in [0.29, 0.717) is 17.5 Å². The molecule has 0 atom stereocenters. The number of hydrogen-bond donors (Lipinski definition) is 1. The smallest absolute Gasteiger partial charge is 0.246 e. The molecule has 3 nitrogen and oxygen atoms in total. The summed E-state index contributed by atoms with van der Waals surface area (Å²) in [6.45, 7) is 0.921. The fourth-order valence-electron chi connectivity index (χ4n) is 2.50. The first kappa shape index (κ1) is 17.9. The minimum atomic E-state index is -1.74. The molecule has 24 heavy (non-hydrogen) atoms. The number of hydrogen-bond acceptors (Lipinski definition) is 3. The van der Waals surface area contributed by atoms with Crippen LogP contribution in [0.4, 0.5) is 0 Å². The van der Waals surface area contributed by atoms with Crippen molar-refractivity contribution in [1.82, 2.24) is 4.90 Å². The molecule has 3 heteroatoms. The summed E-state index contributed by atoms with van der Waals surface area (Å²) in [4.78, 5) is 14.8. The summed E-state index contributed by atoms with van der Waals surface area (Å²) in [6, 6.07) is 17.9. The zero-order valence-corrected chi connectivity index (χ0v) is 14.2. The zero-order chi connectivity index (χ0) is 17.4. The van der Waals surface area contributed by atoms with Gasteiger partial charge in [-0.2, -0.15) is 0 Å². The van der Waals surface area contributed by atoms with Crippen LogP contribution >= 0.6 is 0 Å². The number of Topliss-reactive ketones (excluding diaryl/α,β-unsaturated/α-hetero) is 1. The SMILES string of the molecule is CN(C)CCCC#CC(=O)C(O)(c1ccccc1)c1ccccc1. The molecule has 124 valence electrons. The van der Waals surface area contributed by atoms with E-state index in [2.05, 4.69) is 16.7 Å². The van der Waals surface area contributed by atoms with E-state index >= 15 is 0 Å². The molecule has 0 heterocycles. The predicted molar refractivity (Wildman–Crippen MR) is 96.5 cm³/mol. The van der Waals surface area contributed by atoms with Gasteiger partial charge in [0.25, 0.3) is 0 Å². The van der Waals surface area contributed by atoms with Crippen LogP contribution in [-0.2, 0) is 10.4 Å². The summed E-state index contributed by atoms with van der Waals surface area (Å²) >= 11 is 0. The van der Waals surface area contributed by atoms with E-state index in [4.69, 9.17) is 0 Å². The molecule has 0 aromatic heterocycles. The minimum absolute atomic E-state index is 0.496. The Morgan fingerprint density at radius 2 is 1.50 bits per heavy atom. The lowest BCUT2D eigenvalue weighted by molar-refractivity contribution is -0.128. The lowest BCUT2D eigenvalue weighted by Gasteiger charge is -2.25.